The van der Waals surface area contributed by atoms with Crippen LogP contribution in [0.4, 0.5) is 13.2 Å². The SMILES string of the molecule is Cc1cn2c(=O)cc(Cn3nc(C(F)(F)F)cc3C)nc2s1. The van der Waals surface area contributed by atoms with Gasteiger partial charge in [0.15, 0.2) is 10.7 Å². The first kappa shape index (κ1) is 14.8. The van der Waals surface area contributed by atoms with Crippen LogP contribution >= 0.6 is 11.3 Å². The molecule has 22 heavy (non-hydrogen) atoms. The summed E-state index contributed by atoms with van der Waals surface area (Å²) in [6.45, 7) is 3.40. The van der Waals surface area contributed by atoms with Crippen molar-refractivity contribution in [1.29, 1.82) is 0 Å². The lowest BCUT2D eigenvalue weighted by Crippen LogP contribution is -2.16. The summed E-state index contributed by atoms with van der Waals surface area (Å²) in [6.07, 6.45) is -2.81. The summed E-state index contributed by atoms with van der Waals surface area (Å²) in [5, 5.41) is 3.54. The van der Waals surface area contributed by atoms with E-state index >= 15 is 0 Å². The topological polar surface area (TPSA) is 52.2 Å². The van der Waals surface area contributed by atoms with Crippen LogP contribution in [0.2, 0.25) is 0 Å². The Kier molecular flexibility index (Phi) is 3.32. The summed E-state index contributed by atoms with van der Waals surface area (Å²) >= 11 is 1.35. The van der Waals surface area contributed by atoms with Crippen LogP contribution in [0.5, 0.6) is 0 Å². The lowest BCUT2D eigenvalue weighted by molar-refractivity contribution is -0.141. The van der Waals surface area contributed by atoms with E-state index in [1.165, 1.54) is 33.4 Å². The number of aromatic nitrogens is 4. The van der Waals surface area contributed by atoms with E-state index in [4.69, 9.17) is 0 Å². The number of hydrogen-bond donors (Lipinski definition) is 0. The molecule has 116 valence electrons. The summed E-state index contributed by atoms with van der Waals surface area (Å²) in [5.41, 5.74) is -0.469. The van der Waals surface area contributed by atoms with Gasteiger partial charge in [-0.1, -0.05) is 0 Å². The third-order valence-electron chi connectivity index (χ3n) is 3.12. The largest absolute Gasteiger partial charge is 0.435 e. The molecule has 0 bridgehead atoms. The summed E-state index contributed by atoms with van der Waals surface area (Å²) in [7, 11) is 0. The molecule has 5 nitrogen and oxygen atoms in total. The molecule has 0 aliphatic rings. The second-order valence-corrected chi connectivity index (χ2v) is 6.12. The molecule has 0 saturated heterocycles. The van der Waals surface area contributed by atoms with Crippen molar-refractivity contribution >= 4 is 16.3 Å². The Morgan fingerprint density at radius 1 is 1.27 bits per heavy atom. The van der Waals surface area contributed by atoms with Crippen LogP contribution in [0, 0.1) is 13.8 Å². The number of alkyl halides is 3. The molecule has 0 saturated carbocycles. The zero-order valence-electron chi connectivity index (χ0n) is 11.7. The molecule has 3 aromatic heterocycles. The van der Waals surface area contributed by atoms with Gasteiger partial charge in [-0.25, -0.2) is 4.98 Å². The molecule has 9 heteroatoms. The molecule has 0 unspecified atom stereocenters. The Balaban J connectivity index is 2.00. The third-order valence-corrected chi connectivity index (χ3v) is 4.02. The average Bonchev–Trinajstić information content (AvgIpc) is 2.93. The number of fused-ring (bicyclic) bond motifs is 1. The second kappa shape index (κ2) is 4.94. The highest BCUT2D eigenvalue weighted by atomic mass is 32.1. The summed E-state index contributed by atoms with van der Waals surface area (Å²) in [6, 6.07) is 2.29. The van der Waals surface area contributed by atoms with Gasteiger partial charge < -0.3 is 0 Å². The van der Waals surface area contributed by atoms with Crippen molar-refractivity contribution in [3.63, 3.8) is 0 Å². The van der Waals surface area contributed by atoms with Crippen LogP contribution in [-0.4, -0.2) is 19.2 Å². The summed E-state index contributed by atoms with van der Waals surface area (Å²) in [5.74, 6) is 0. The van der Waals surface area contributed by atoms with Crippen molar-refractivity contribution in [3.8, 4) is 0 Å². The molecular weight excluding hydrogens is 317 g/mol. The standard InChI is InChI=1S/C13H11F3N4OS/c1-7-3-10(13(14,15)16)18-20(7)6-9-4-11(21)19-5-8(2)22-12(19)17-9/h3-5H,6H2,1-2H3. The smallest absolute Gasteiger partial charge is 0.269 e. The van der Waals surface area contributed by atoms with E-state index in [2.05, 4.69) is 10.1 Å². The van der Waals surface area contributed by atoms with Gasteiger partial charge in [0.25, 0.3) is 5.56 Å². The Bertz CT molecular complexity index is 906. The summed E-state index contributed by atoms with van der Waals surface area (Å²) in [4.78, 5) is 17.7. The Hall–Kier alpha value is -2.16. The maximum absolute atomic E-state index is 12.7. The van der Waals surface area contributed by atoms with Crippen molar-refractivity contribution in [2.75, 3.05) is 0 Å². The van der Waals surface area contributed by atoms with Gasteiger partial charge in [-0.05, 0) is 19.9 Å². The van der Waals surface area contributed by atoms with Gasteiger partial charge in [-0.15, -0.1) is 11.3 Å². The zero-order chi connectivity index (χ0) is 16.1. The van der Waals surface area contributed by atoms with Crippen LogP contribution in [0.15, 0.2) is 23.1 Å². The van der Waals surface area contributed by atoms with Crippen LogP contribution < -0.4 is 5.56 Å². The van der Waals surface area contributed by atoms with Crippen molar-refractivity contribution in [3.05, 3.63) is 50.6 Å². The second-order valence-electron chi connectivity index (χ2n) is 4.91. The Morgan fingerprint density at radius 3 is 2.64 bits per heavy atom. The molecule has 0 spiro atoms. The minimum absolute atomic E-state index is 0.0185. The van der Waals surface area contributed by atoms with Gasteiger partial charge in [-0.2, -0.15) is 18.3 Å². The summed E-state index contributed by atoms with van der Waals surface area (Å²) < 4.78 is 40.6. The molecule has 3 aromatic rings. The highest BCUT2D eigenvalue weighted by Crippen LogP contribution is 2.28. The highest BCUT2D eigenvalue weighted by Gasteiger charge is 2.34. The van der Waals surface area contributed by atoms with Crippen molar-refractivity contribution in [2.45, 2.75) is 26.6 Å². The fourth-order valence-corrected chi connectivity index (χ4v) is 2.95. The first-order chi connectivity index (χ1) is 10.2. The van der Waals surface area contributed by atoms with Gasteiger partial charge in [0.2, 0.25) is 0 Å². The zero-order valence-corrected chi connectivity index (χ0v) is 12.5. The first-order valence-corrected chi connectivity index (χ1v) is 7.16. The molecule has 0 N–H and O–H groups in total. The van der Waals surface area contributed by atoms with Crippen LogP contribution in [-0.2, 0) is 12.7 Å². The molecule has 0 aliphatic heterocycles. The molecule has 0 radical (unpaired) electrons. The predicted octanol–water partition coefficient (Wildman–Crippen LogP) is 2.64. The normalized spacial score (nSPS) is 12.2. The minimum Gasteiger partial charge on any atom is -0.269 e. The van der Waals surface area contributed by atoms with Crippen molar-refractivity contribution < 1.29 is 13.2 Å². The maximum Gasteiger partial charge on any atom is 0.435 e. The van der Waals surface area contributed by atoms with Crippen LogP contribution in [0.1, 0.15) is 22.0 Å². The van der Waals surface area contributed by atoms with E-state index in [-0.39, 0.29) is 12.1 Å². The van der Waals surface area contributed by atoms with E-state index in [0.29, 0.717) is 16.3 Å². The molecule has 3 heterocycles. The number of nitrogens with zero attached hydrogens (tertiary/aromatic N) is 4. The lowest BCUT2D eigenvalue weighted by Gasteiger charge is -2.04. The molecule has 3 rings (SSSR count). The van der Waals surface area contributed by atoms with Gasteiger partial charge >= 0.3 is 6.18 Å². The van der Waals surface area contributed by atoms with E-state index in [9.17, 15) is 18.0 Å². The molecule has 0 atom stereocenters. The molecule has 0 fully saturated rings. The number of aryl methyl sites for hydroxylation is 2. The maximum atomic E-state index is 12.7. The van der Waals surface area contributed by atoms with E-state index in [1.54, 1.807) is 6.20 Å². The Labute approximate surface area is 126 Å². The molecule has 0 aliphatic carbocycles. The third kappa shape index (κ3) is 2.63. The van der Waals surface area contributed by atoms with Gasteiger partial charge in [0.05, 0.1) is 12.2 Å². The van der Waals surface area contributed by atoms with Gasteiger partial charge in [0.1, 0.15) is 0 Å². The minimum atomic E-state index is -4.49. The average molecular weight is 328 g/mol. The fraction of sp³-hybridized carbons (Fsp3) is 0.308. The van der Waals surface area contributed by atoms with Crippen molar-refractivity contribution in [1.82, 2.24) is 19.2 Å². The highest BCUT2D eigenvalue weighted by molar-refractivity contribution is 7.16. The van der Waals surface area contributed by atoms with Crippen molar-refractivity contribution in [2.24, 2.45) is 0 Å². The number of hydrogen-bond acceptors (Lipinski definition) is 4. The lowest BCUT2D eigenvalue weighted by atomic mass is 10.3. The number of rotatable bonds is 2. The monoisotopic (exact) mass is 328 g/mol. The molecular formula is C13H11F3N4OS. The van der Waals surface area contributed by atoms with E-state index in [0.717, 1.165) is 10.9 Å². The number of halogens is 3. The van der Waals surface area contributed by atoms with Crippen LogP contribution in [0.25, 0.3) is 4.96 Å². The molecule has 0 amide bonds. The quantitative estimate of drug-likeness (QED) is 0.727. The van der Waals surface area contributed by atoms with Gasteiger partial charge in [0, 0.05) is 22.8 Å². The fourth-order valence-electron chi connectivity index (χ4n) is 2.10. The first-order valence-electron chi connectivity index (χ1n) is 6.34. The van der Waals surface area contributed by atoms with E-state index in [1.807, 2.05) is 6.92 Å². The Morgan fingerprint density at radius 2 is 2.00 bits per heavy atom. The predicted molar refractivity (Wildman–Crippen MR) is 75.1 cm³/mol. The van der Waals surface area contributed by atoms with Gasteiger partial charge in [-0.3, -0.25) is 13.9 Å². The van der Waals surface area contributed by atoms with Crippen LogP contribution in [0.3, 0.4) is 0 Å². The number of thiazole rings is 1. The molecule has 0 aromatic carbocycles. The van der Waals surface area contributed by atoms with E-state index < -0.39 is 11.9 Å².